The summed E-state index contributed by atoms with van der Waals surface area (Å²) in [5, 5.41) is 7.41. The predicted molar refractivity (Wildman–Crippen MR) is 117 cm³/mol. The third kappa shape index (κ3) is 4.54. The van der Waals surface area contributed by atoms with Gasteiger partial charge in [0.05, 0.1) is 5.02 Å². The number of nitrogens with zero attached hydrogens (tertiary/aromatic N) is 2. The zero-order chi connectivity index (χ0) is 21.7. The second-order valence-corrected chi connectivity index (χ2v) is 7.21. The summed E-state index contributed by atoms with van der Waals surface area (Å²) in [6.07, 6.45) is 0. The maximum absolute atomic E-state index is 12.8. The molecule has 1 N–H and O–H groups in total. The molecule has 0 bridgehead atoms. The van der Waals surface area contributed by atoms with Gasteiger partial charge in [0.15, 0.2) is 0 Å². The SMILES string of the molecule is CCN(CC)C(=O)c1ccc(CNC(=O)c2c(-c3ccccc3Cl)noc2C)cc1. The van der Waals surface area contributed by atoms with Gasteiger partial charge in [0, 0.05) is 30.8 Å². The molecule has 1 heterocycles. The zero-order valence-electron chi connectivity index (χ0n) is 17.2. The summed E-state index contributed by atoms with van der Waals surface area (Å²) >= 11 is 6.26. The third-order valence-electron chi connectivity index (χ3n) is 4.92. The van der Waals surface area contributed by atoms with Crippen molar-refractivity contribution >= 4 is 23.4 Å². The first-order valence-electron chi connectivity index (χ1n) is 9.83. The normalized spacial score (nSPS) is 10.7. The molecule has 0 radical (unpaired) electrons. The molecule has 3 aromatic rings. The van der Waals surface area contributed by atoms with Crippen molar-refractivity contribution in [3.8, 4) is 11.3 Å². The molecule has 0 aliphatic rings. The van der Waals surface area contributed by atoms with Crippen LogP contribution in [0.25, 0.3) is 11.3 Å². The number of hydrogen-bond acceptors (Lipinski definition) is 4. The van der Waals surface area contributed by atoms with Gasteiger partial charge in [-0.05, 0) is 44.5 Å². The molecule has 7 heteroatoms. The molecule has 2 aromatic carbocycles. The van der Waals surface area contributed by atoms with Gasteiger partial charge in [0.1, 0.15) is 17.0 Å². The molecule has 0 unspecified atom stereocenters. The van der Waals surface area contributed by atoms with Crippen LogP contribution in [0.1, 0.15) is 45.9 Å². The van der Waals surface area contributed by atoms with E-state index in [2.05, 4.69) is 10.5 Å². The Morgan fingerprint density at radius 1 is 1.07 bits per heavy atom. The van der Waals surface area contributed by atoms with Crippen molar-refractivity contribution in [3.05, 3.63) is 76.0 Å². The number of halogens is 1. The van der Waals surface area contributed by atoms with E-state index >= 15 is 0 Å². The lowest BCUT2D eigenvalue weighted by Crippen LogP contribution is -2.30. The molecule has 30 heavy (non-hydrogen) atoms. The van der Waals surface area contributed by atoms with Gasteiger partial charge in [-0.2, -0.15) is 0 Å². The number of rotatable bonds is 7. The Kier molecular flexibility index (Phi) is 6.90. The first-order chi connectivity index (χ1) is 14.5. The summed E-state index contributed by atoms with van der Waals surface area (Å²) in [5.74, 6) is 0.120. The van der Waals surface area contributed by atoms with Gasteiger partial charge in [0.2, 0.25) is 0 Å². The number of aryl methyl sites for hydroxylation is 1. The molecule has 0 atom stereocenters. The molecule has 0 saturated carbocycles. The van der Waals surface area contributed by atoms with Crippen LogP contribution in [0.3, 0.4) is 0 Å². The first-order valence-corrected chi connectivity index (χ1v) is 10.2. The molecule has 0 aliphatic heterocycles. The van der Waals surface area contributed by atoms with Crippen molar-refractivity contribution in [2.45, 2.75) is 27.3 Å². The van der Waals surface area contributed by atoms with Crippen LogP contribution >= 0.6 is 11.6 Å². The summed E-state index contributed by atoms with van der Waals surface area (Å²) in [6.45, 7) is 7.24. The highest BCUT2D eigenvalue weighted by molar-refractivity contribution is 6.33. The summed E-state index contributed by atoms with van der Waals surface area (Å²) in [7, 11) is 0. The fourth-order valence-electron chi connectivity index (χ4n) is 3.21. The molecule has 0 saturated heterocycles. The third-order valence-corrected chi connectivity index (χ3v) is 5.25. The van der Waals surface area contributed by atoms with E-state index in [1.165, 1.54) is 0 Å². The van der Waals surface area contributed by atoms with Crippen LogP contribution in [-0.2, 0) is 6.54 Å². The lowest BCUT2D eigenvalue weighted by Gasteiger charge is -2.18. The highest BCUT2D eigenvalue weighted by Gasteiger charge is 2.22. The van der Waals surface area contributed by atoms with Gasteiger partial charge in [-0.25, -0.2) is 0 Å². The molecular weight excluding hydrogens is 402 g/mol. The maximum Gasteiger partial charge on any atom is 0.257 e. The van der Waals surface area contributed by atoms with Gasteiger partial charge in [-0.1, -0.05) is 47.1 Å². The second kappa shape index (κ2) is 9.59. The fraction of sp³-hybridized carbons (Fsp3) is 0.261. The fourth-order valence-corrected chi connectivity index (χ4v) is 3.43. The van der Waals surface area contributed by atoms with Crippen LogP contribution < -0.4 is 5.32 Å². The molecule has 6 nitrogen and oxygen atoms in total. The van der Waals surface area contributed by atoms with E-state index in [9.17, 15) is 9.59 Å². The van der Waals surface area contributed by atoms with Crippen molar-refractivity contribution in [2.24, 2.45) is 0 Å². The highest BCUT2D eigenvalue weighted by Crippen LogP contribution is 2.30. The van der Waals surface area contributed by atoms with Gasteiger partial charge in [-0.3, -0.25) is 9.59 Å². The number of nitrogens with one attached hydrogen (secondary N) is 1. The molecule has 2 amide bonds. The quantitative estimate of drug-likeness (QED) is 0.594. The highest BCUT2D eigenvalue weighted by atomic mass is 35.5. The van der Waals surface area contributed by atoms with E-state index in [0.29, 0.717) is 52.8 Å². The first kappa shape index (κ1) is 21.6. The van der Waals surface area contributed by atoms with Crippen molar-refractivity contribution in [1.82, 2.24) is 15.4 Å². The summed E-state index contributed by atoms with van der Waals surface area (Å²) in [4.78, 5) is 27.0. The molecular formula is C23H24ClN3O3. The van der Waals surface area contributed by atoms with E-state index in [4.69, 9.17) is 16.1 Å². The largest absolute Gasteiger partial charge is 0.360 e. The lowest BCUT2D eigenvalue weighted by molar-refractivity contribution is 0.0772. The maximum atomic E-state index is 12.8. The Hall–Kier alpha value is -3.12. The number of aromatic nitrogens is 1. The average Bonchev–Trinajstić information content (AvgIpc) is 3.14. The number of benzene rings is 2. The monoisotopic (exact) mass is 425 g/mol. The van der Waals surface area contributed by atoms with Crippen molar-refractivity contribution in [3.63, 3.8) is 0 Å². The lowest BCUT2D eigenvalue weighted by atomic mass is 10.1. The Balaban J connectivity index is 1.72. The van der Waals surface area contributed by atoms with Gasteiger partial charge in [0.25, 0.3) is 11.8 Å². The number of hydrogen-bond donors (Lipinski definition) is 1. The molecule has 0 aliphatic carbocycles. The number of carbonyl (C=O) groups excluding carboxylic acids is 2. The van der Waals surface area contributed by atoms with Crippen molar-refractivity contribution in [2.75, 3.05) is 13.1 Å². The van der Waals surface area contributed by atoms with Crippen LogP contribution in [0.2, 0.25) is 5.02 Å². The minimum Gasteiger partial charge on any atom is -0.360 e. The van der Waals surface area contributed by atoms with E-state index in [1.54, 1.807) is 36.1 Å². The van der Waals surface area contributed by atoms with Crippen LogP contribution in [-0.4, -0.2) is 35.0 Å². The standard InChI is InChI=1S/C23H24ClN3O3/c1-4-27(5-2)23(29)17-12-10-16(11-13-17)14-25-22(28)20-15(3)30-26-21(20)18-8-6-7-9-19(18)24/h6-13H,4-5,14H2,1-3H3,(H,25,28). The molecule has 156 valence electrons. The predicted octanol–water partition coefficient (Wildman–Crippen LogP) is 4.72. The van der Waals surface area contributed by atoms with Gasteiger partial charge < -0.3 is 14.7 Å². The molecule has 3 rings (SSSR count). The average molecular weight is 426 g/mol. The van der Waals surface area contributed by atoms with Crippen molar-refractivity contribution < 1.29 is 14.1 Å². The Morgan fingerprint density at radius 3 is 2.37 bits per heavy atom. The van der Waals surface area contributed by atoms with Crippen LogP contribution in [0.15, 0.2) is 53.1 Å². The van der Waals surface area contributed by atoms with E-state index in [1.807, 2.05) is 38.1 Å². The summed E-state index contributed by atoms with van der Waals surface area (Å²) in [5.41, 5.74) is 2.92. The molecule has 1 aromatic heterocycles. The van der Waals surface area contributed by atoms with Gasteiger partial charge >= 0.3 is 0 Å². The summed E-state index contributed by atoms with van der Waals surface area (Å²) < 4.78 is 5.25. The van der Waals surface area contributed by atoms with Crippen LogP contribution in [0.4, 0.5) is 0 Å². The summed E-state index contributed by atoms with van der Waals surface area (Å²) in [6, 6.07) is 14.4. The smallest absolute Gasteiger partial charge is 0.257 e. The second-order valence-electron chi connectivity index (χ2n) is 6.80. The zero-order valence-corrected chi connectivity index (χ0v) is 18.0. The molecule has 0 fully saturated rings. The minimum atomic E-state index is -0.299. The van der Waals surface area contributed by atoms with Crippen molar-refractivity contribution in [1.29, 1.82) is 0 Å². The topological polar surface area (TPSA) is 75.4 Å². The van der Waals surface area contributed by atoms with Crippen LogP contribution in [0, 0.1) is 6.92 Å². The molecule has 0 spiro atoms. The Morgan fingerprint density at radius 2 is 1.73 bits per heavy atom. The number of carbonyl (C=O) groups is 2. The number of amides is 2. The van der Waals surface area contributed by atoms with E-state index in [0.717, 1.165) is 5.56 Å². The minimum absolute atomic E-state index is 0.0000588. The van der Waals surface area contributed by atoms with E-state index in [-0.39, 0.29) is 11.8 Å². The Labute approximate surface area is 180 Å². The van der Waals surface area contributed by atoms with E-state index < -0.39 is 0 Å². The van der Waals surface area contributed by atoms with Gasteiger partial charge in [-0.15, -0.1) is 0 Å². The Bertz CT molecular complexity index is 1040. The van der Waals surface area contributed by atoms with Crippen LogP contribution in [0.5, 0.6) is 0 Å².